The number of nitrogens with one attached hydrogen (secondary N) is 1. The zero-order chi connectivity index (χ0) is 15.4. The number of hydrogen-bond donors (Lipinski definition) is 1. The molecule has 0 aliphatic carbocycles. The highest BCUT2D eigenvalue weighted by molar-refractivity contribution is 9.11. The molecule has 2 aromatic heterocycles. The average molecular weight is 358 g/mol. The zero-order valence-electron chi connectivity index (χ0n) is 11.5. The van der Waals surface area contributed by atoms with Gasteiger partial charge in [-0.2, -0.15) is 0 Å². The van der Waals surface area contributed by atoms with Crippen molar-refractivity contribution >= 4 is 27.7 Å². The van der Waals surface area contributed by atoms with Crippen molar-refractivity contribution < 1.29 is 4.79 Å². The molecule has 1 aliphatic rings. The van der Waals surface area contributed by atoms with Crippen molar-refractivity contribution in [2.24, 2.45) is 4.99 Å². The number of aromatic nitrogens is 3. The molecule has 1 amide bonds. The van der Waals surface area contributed by atoms with Crippen LogP contribution < -0.4 is 5.32 Å². The third-order valence-corrected chi connectivity index (χ3v) is 3.81. The van der Waals surface area contributed by atoms with Gasteiger partial charge in [0.25, 0.3) is 5.91 Å². The lowest BCUT2D eigenvalue weighted by Crippen LogP contribution is -2.28. The summed E-state index contributed by atoms with van der Waals surface area (Å²) in [6.45, 7) is 0. The predicted molar refractivity (Wildman–Crippen MR) is 85.7 cm³/mol. The van der Waals surface area contributed by atoms with Gasteiger partial charge in [-0.25, -0.2) is 9.97 Å². The van der Waals surface area contributed by atoms with Crippen molar-refractivity contribution in [2.75, 3.05) is 0 Å². The summed E-state index contributed by atoms with van der Waals surface area (Å²) in [4.78, 5) is 28.8. The Morgan fingerprint density at radius 1 is 1.23 bits per heavy atom. The molecule has 0 spiro atoms. The lowest BCUT2D eigenvalue weighted by atomic mass is 10.2. The van der Waals surface area contributed by atoms with Gasteiger partial charge in [-0.1, -0.05) is 15.9 Å². The first kappa shape index (κ1) is 14.5. The van der Waals surface area contributed by atoms with Gasteiger partial charge >= 0.3 is 0 Å². The smallest absolute Gasteiger partial charge is 0.258 e. The second-order valence-corrected chi connectivity index (χ2v) is 5.54. The van der Waals surface area contributed by atoms with Crippen LogP contribution in [0.15, 0.2) is 58.5 Å². The predicted octanol–water partition coefficient (Wildman–Crippen LogP) is 1.90. The van der Waals surface area contributed by atoms with E-state index in [9.17, 15) is 4.79 Å². The summed E-state index contributed by atoms with van der Waals surface area (Å²) in [5.74, 6) is 0.989. The van der Waals surface area contributed by atoms with E-state index in [1.165, 1.54) is 6.20 Å². The van der Waals surface area contributed by atoms with Crippen molar-refractivity contribution in [3.05, 3.63) is 64.9 Å². The Balaban J connectivity index is 1.68. The van der Waals surface area contributed by atoms with Crippen LogP contribution in [0.1, 0.15) is 16.2 Å². The van der Waals surface area contributed by atoms with Crippen LogP contribution in [-0.2, 0) is 6.42 Å². The first-order chi connectivity index (χ1) is 10.7. The minimum absolute atomic E-state index is 0.119. The van der Waals surface area contributed by atoms with Gasteiger partial charge in [-0.05, 0) is 24.3 Å². The Morgan fingerprint density at radius 2 is 2.05 bits per heavy atom. The van der Waals surface area contributed by atoms with E-state index >= 15 is 0 Å². The van der Waals surface area contributed by atoms with Crippen molar-refractivity contribution in [2.45, 2.75) is 12.5 Å². The lowest BCUT2D eigenvalue weighted by molar-refractivity contribution is 0.0977. The number of amides is 1. The summed E-state index contributed by atoms with van der Waals surface area (Å²) < 4.78 is 0.890. The second-order valence-electron chi connectivity index (χ2n) is 4.62. The van der Waals surface area contributed by atoms with Gasteiger partial charge in [-0.15, -0.1) is 0 Å². The summed E-state index contributed by atoms with van der Waals surface area (Å²) in [5.41, 5.74) is 0.490. The van der Waals surface area contributed by atoms with E-state index in [1.807, 2.05) is 0 Å². The standard InChI is InChI=1S/C15H12BrN5O/c16-11-7-14(21-15(22)10-3-1-4-17-9-10)20-12(11)8-13-18-5-2-6-19-13/h1-7,9,12H,8H2,(H,20,21,22). The molecule has 110 valence electrons. The maximum atomic E-state index is 12.1. The number of pyridine rings is 1. The zero-order valence-corrected chi connectivity index (χ0v) is 13.1. The van der Waals surface area contributed by atoms with E-state index in [1.54, 1.807) is 42.9 Å². The summed E-state index contributed by atoms with van der Waals surface area (Å²) in [7, 11) is 0. The van der Waals surface area contributed by atoms with Gasteiger partial charge in [0, 0.05) is 35.7 Å². The molecule has 0 radical (unpaired) electrons. The topological polar surface area (TPSA) is 80.1 Å². The summed E-state index contributed by atoms with van der Waals surface area (Å²) >= 11 is 3.48. The van der Waals surface area contributed by atoms with E-state index in [2.05, 4.69) is 41.2 Å². The fourth-order valence-corrected chi connectivity index (χ4v) is 2.48. The SMILES string of the molecule is O=C(NC1=NC(Cc2ncccn2)C(Br)=C1)c1cccnc1. The third kappa shape index (κ3) is 3.43. The molecule has 0 saturated carbocycles. The fourth-order valence-electron chi connectivity index (χ4n) is 2.00. The Hall–Kier alpha value is -2.41. The second kappa shape index (κ2) is 6.57. The van der Waals surface area contributed by atoms with Gasteiger partial charge in [0.2, 0.25) is 0 Å². The summed E-state index contributed by atoms with van der Waals surface area (Å²) in [6.07, 6.45) is 8.90. The first-order valence-corrected chi connectivity index (χ1v) is 7.44. The maximum Gasteiger partial charge on any atom is 0.258 e. The van der Waals surface area contributed by atoms with Crippen molar-refractivity contribution in [1.29, 1.82) is 0 Å². The van der Waals surface area contributed by atoms with Gasteiger partial charge in [0.15, 0.2) is 0 Å². The van der Waals surface area contributed by atoms with Gasteiger partial charge in [-0.3, -0.25) is 14.8 Å². The Labute approximate surface area is 135 Å². The number of aliphatic imine (C=N–C) groups is 1. The van der Waals surface area contributed by atoms with E-state index in [0.717, 1.165) is 4.48 Å². The number of hydrogen-bond acceptors (Lipinski definition) is 5. The molecule has 6 nitrogen and oxygen atoms in total. The van der Waals surface area contributed by atoms with Crippen molar-refractivity contribution in [1.82, 2.24) is 20.3 Å². The van der Waals surface area contributed by atoms with Crippen LogP contribution in [0.3, 0.4) is 0 Å². The Morgan fingerprint density at radius 3 is 2.77 bits per heavy atom. The largest absolute Gasteiger partial charge is 0.307 e. The molecule has 1 atom stereocenters. The minimum Gasteiger partial charge on any atom is -0.307 e. The molecule has 3 rings (SSSR count). The normalized spacial score (nSPS) is 16.9. The van der Waals surface area contributed by atoms with E-state index in [0.29, 0.717) is 23.6 Å². The summed E-state index contributed by atoms with van der Waals surface area (Å²) in [5, 5.41) is 2.77. The molecular formula is C15H12BrN5O. The molecule has 3 heterocycles. The van der Waals surface area contributed by atoms with Crippen LogP contribution in [-0.4, -0.2) is 32.7 Å². The van der Waals surface area contributed by atoms with E-state index in [-0.39, 0.29) is 11.9 Å². The van der Waals surface area contributed by atoms with Crippen molar-refractivity contribution in [3.8, 4) is 0 Å². The van der Waals surface area contributed by atoms with Crippen LogP contribution in [0, 0.1) is 0 Å². The quantitative estimate of drug-likeness (QED) is 0.909. The lowest BCUT2D eigenvalue weighted by Gasteiger charge is -2.06. The van der Waals surface area contributed by atoms with Gasteiger partial charge < -0.3 is 5.32 Å². The molecule has 0 aromatic carbocycles. The van der Waals surface area contributed by atoms with Crippen LogP contribution >= 0.6 is 15.9 Å². The van der Waals surface area contributed by atoms with Crippen LogP contribution in [0.4, 0.5) is 0 Å². The molecule has 0 fully saturated rings. The van der Waals surface area contributed by atoms with Gasteiger partial charge in [0.1, 0.15) is 11.7 Å². The van der Waals surface area contributed by atoms with E-state index < -0.39 is 0 Å². The molecule has 7 heteroatoms. The first-order valence-electron chi connectivity index (χ1n) is 6.64. The van der Waals surface area contributed by atoms with Crippen molar-refractivity contribution in [3.63, 3.8) is 0 Å². The molecule has 1 N–H and O–H groups in total. The molecule has 0 bridgehead atoms. The van der Waals surface area contributed by atoms with Crippen LogP contribution in [0.5, 0.6) is 0 Å². The van der Waals surface area contributed by atoms with Crippen LogP contribution in [0.2, 0.25) is 0 Å². The molecular weight excluding hydrogens is 346 g/mol. The maximum absolute atomic E-state index is 12.1. The monoisotopic (exact) mass is 357 g/mol. The molecule has 0 saturated heterocycles. The highest BCUT2D eigenvalue weighted by atomic mass is 79.9. The number of carbonyl (C=O) groups excluding carboxylic acids is 1. The molecule has 22 heavy (non-hydrogen) atoms. The minimum atomic E-state index is -0.236. The molecule has 2 aromatic rings. The average Bonchev–Trinajstić information content (AvgIpc) is 2.88. The van der Waals surface area contributed by atoms with Crippen LogP contribution in [0.25, 0.3) is 0 Å². The highest BCUT2D eigenvalue weighted by Crippen LogP contribution is 2.22. The number of amidine groups is 1. The number of rotatable bonds is 3. The third-order valence-electron chi connectivity index (χ3n) is 3.05. The highest BCUT2D eigenvalue weighted by Gasteiger charge is 2.21. The Bertz CT molecular complexity index is 730. The van der Waals surface area contributed by atoms with Gasteiger partial charge in [0.05, 0.1) is 11.6 Å². The summed E-state index contributed by atoms with van der Waals surface area (Å²) in [6, 6.07) is 5.07. The molecule has 1 unspecified atom stereocenters. The molecule has 1 aliphatic heterocycles. The number of halogens is 1. The number of carbonyl (C=O) groups is 1. The Kier molecular flexibility index (Phi) is 4.34. The van der Waals surface area contributed by atoms with E-state index in [4.69, 9.17) is 0 Å². The fraction of sp³-hybridized carbons (Fsp3) is 0.133. The number of nitrogens with zero attached hydrogens (tertiary/aromatic N) is 4.